The van der Waals surface area contributed by atoms with Gasteiger partial charge in [-0.25, -0.2) is 0 Å². The lowest BCUT2D eigenvalue weighted by atomic mass is 9.82. The van der Waals surface area contributed by atoms with E-state index in [1.165, 1.54) is 49.5 Å². The van der Waals surface area contributed by atoms with Crippen molar-refractivity contribution in [3.05, 3.63) is 163 Å². The van der Waals surface area contributed by atoms with E-state index in [-0.39, 0.29) is 5.41 Å². The molecule has 1 aromatic heterocycles. The summed E-state index contributed by atoms with van der Waals surface area (Å²) >= 11 is 0. The largest absolute Gasteiger partial charge is 0.456 e. The third kappa shape index (κ3) is 3.96. The van der Waals surface area contributed by atoms with Gasteiger partial charge >= 0.3 is 0 Å². The van der Waals surface area contributed by atoms with E-state index in [9.17, 15) is 0 Å². The van der Waals surface area contributed by atoms with E-state index in [1.54, 1.807) is 0 Å². The van der Waals surface area contributed by atoms with E-state index in [2.05, 4.69) is 158 Å². The number of hydrogen-bond donors (Lipinski definition) is 0. The molecule has 1 aliphatic rings. The van der Waals surface area contributed by atoms with E-state index in [1.807, 2.05) is 12.1 Å². The van der Waals surface area contributed by atoms with Gasteiger partial charge in [-0.3, -0.25) is 0 Å². The van der Waals surface area contributed by atoms with Crippen LogP contribution >= 0.6 is 0 Å². The second kappa shape index (κ2) is 9.70. The van der Waals surface area contributed by atoms with Crippen LogP contribution in [0.4, 0.5) is 17.1 Å². The van der Waals surface area contributed by atoms with Crippen molar-refractivity contribution in [1.29, 1.82) is 0 Å². The van der Waals surface area contributed by atoms with Crippen LogP contribution in [0.25, 0.3) is 55.0 Å². The Labute approximate surface area is 262 Å². The summed E-state index contributed by atoms with van der Waals surface area (Å²) in [5, 5.41) is 4.77. The topological polar surface area (TPSA) is 16.4 Å². The summed E-state index contributed by atoms with van der Waals surface area (Å²) in [6.45, 7) is 4.68. The summed E-state index contributed by atoms with van der Waals surface area (Å²) in [5.74, 6) is 0. The summed E-state index contributed by atoms with van der Waals surface area (Å²) in [6.07, 6.45) is 0. The van der Waals surface area contributed by atoms with Gasteiger partial charge in [0.15, 0.2) is 0 Å². The molecule has 0 bridgehead atoms. The van der Waals surface area contributed by atoms with Gasteiger partial charge in [-0.2, -0.15) is 0 Å². The molecular formula is C43H31NO. The molecule has 0 aliphatic heterocycles. The van der Waals surface area contributed by atoms with Crippen molar-refractivity contribution >= 4 is 49.8 Å². The number of hydrogen-bond acceptors (Lipinski definition) is 2. The molecule has 1 heterocycles. The maximum atomic E-state index is 6.19. The van der Waals surface area contributed by atoms with Crippen LogP contribution in [-0.2, 0) is 5.41 Å². The molecule has 45 heavy (non-hydrogen) atoms. The molecule has 0 unspecified atom stereocenters. The van der Waals surface area contributed by atoms with E-state index < -0.39 is 0 Å². The van der Waals surface area contributed by atoms with Gasteiger partial charge in [0.2, 0.25) is 0 Å². The van der Waals surface area contributed by atoms with E-state index in [0.29, 0.717) is 0 Å². The Hall–Kier alpha value is -5.60. The van der Waals surface area contributed by atoms with Crippen LogP contribution in [-0.4, -0.2) is 0 Å². The Kier molecular flexibility index (Phi) is 5.58. The first kappa shape index (κ1) is 25.9. The van der Waals surface area contributed by atoms with Crippen molar-refractivity contribution in [2.45, 2.75) is 19.3 Å². The van der Waals surface area contributed by atoms with Crippen LogP contribution in [0.1, 0.15) is 25.0 Å². The normalized spacial score (nSPS) is 13.3. The first-order chi connectivity index (χ1) is 22.1. The minimum atomic E-state index is -0.0596. The Morgan fingerprint density at radius 2 is 1.13 bits per heavy atom. The summed E-state index contributed by atoms with van der Waals surface area (Å²) < 4.78 is 6.19. The molecule has 1 aliphatic carbocycles. The lowest BCUT2D eigenvalue weighted by Gasteiger charge is -2.28. The molecule has 0 saturated heterocycles. The van der Waals surface area contributed by atoms with Crippen LogP contribution in [0, 0.1) is 0 Å². The van der Waals surface area contributed by atoms with Gasteiger partial charge < -0.3 is 9.32 Å². The van der Waals surface area contributed by atoms with Gasteiger partial charge in [0.25, 0.3) is 0 Å². The molecular weight excluding hydrogens is 546 g/mol. The van der Waals surface area contributed by atoms with Crippen molar-refractivity contribution in [3.63, 3.8) is 0 Å². The van der Waals surface area contributed by atoms with Gasteiger partial charge in [0.05, 0.1) is 0 Å². The average Bonchev–Trinajstić information content (AvgIpc) is 3.58. The molecule has 0 N–H and O–H groups in total. The predicted octanol–water partition coefficient (Wildman–Crippen LogP) is 12.2. The quantitative estimate of drug-likeness (QED) is 0.207. The Morgan fingerprint density at radius 3 is 2.00 bits per heavy atom. The van der Waals surface area contributed by atoms with Crippen LogP contribution in [0.2, 0.25) is 0 Å². The highest BCUT2D eigenvalue weighted by Gasteiger charge is 2.35. The van der Waals surface area contributed by atoms with Crippen molar-refractivity contribution in [2.24, 2.45) is 0 Å². The third-order valence-corrected chi connectivity index (χ3v) is 9.66. The standard InChI is InChI=1S/C43H31NO/c1-43(2)38-14-8-6-12-34(38)35-24-23-33(27-39(35)43)44(31-10-4-3-5-11-31)32-21-18-28(19-22-32)30-17-16-29-20-25-41-42(37(29)26-30)36-13-7-9-15-40(36)45-41/h3-27H,1-2H3. The SMILES string of the molecule is CC1(C)c2ccccc2-c2ccc(N(c3ccccc3)c3ccc(-c4ccc5ccc6oc7ccccc7c6c5c4)cc3)cc21. The van der Waals surface area contributed by atoms with Crippen LogP contribution in [0.15, 0.2) is 156 Å². The number of anilines is 3. The monoisotopic (exact) mass is 577 g/mol. The van der Waals surface area contributed by atoms with Crippen molar-refractivity contribution < 1.29 is 4.42 Å². The van der Waals surface area contributed by atoms with Gasteiger partial charge in [0.1, 0.15) is 11.2 Å². The zero-order valence-electron chi connectivity index (χ0n) is 25.3. The molecule has 0 atom stereocenters. The summed E-state index contributed by atoms with van der Waals surface area (Å²) in [7, 11) is 0. The predicted molar refractivity (Wildman–Crippen MR) is 189 cm³/mol. The van der Waals surface area contributed by atoms with E-state index in [4.69, 9.17) is 4.42 Å². The minimum absolute atomic E-state index is 0.0596. The van der Waals surface area contributed by atoms with E-state index in [0.717, 1.165) is 33.6 Å². The zero-order chi connectivity index (χ0) is 30.1. The molecule has 9 rings (SSSR count). The highest BCUT2D eigenvalue weighted by Crippen LogP contribution is 2.50. The first-order valence-corrected chi connectivity index (χ1v) is 15.6. The number of nitrogens with zero attached hydrogens (tertiary/aromatic N) is 1. The van der Waals surface area contributed by atoms with Crippen LogP contribution < -0.4 is 4.90 Å². The first-order valence-electron chi connectivity index (χ1n) is 15.6. The number of fused-ring (bicyclic) bond motifs is 8. The van der Waals surface area contributed by atoms with Crippen molar-refractivity contribution in [1.82, 2.24) is 0 Å². The number of benzene rings is 7. The van der Waals surface area contributed by atoms with E-state index >= 15 is 0 Å². The molecule has 214 valence electrons. The maximum Gasteiger partial charge on any atom is 0.136 e. The fourth-order valence-electron chi connectivity index (χ4n) is 7.38. The second-order valence-corrected chi connectivity index (χ2v) is 12.6. The maximum absolute atomic E-state index is 6.19. The smallest absolute Gasteiger partial charge is 0.136 e. The third-order valence-electron chi connectivity index (χ3n) is 9.66. The van der Waals surface area contributed by atoms with Gasteiger partial charge in [-0.1, -0.05) is 111 Å². The summed E-state index contributed by atoms with van der Waals surface area (Å²) in [5.41, 5.74) is 13.0. The molecule has 0 spiro atoms. The Balaban J connectivity index is 1.14. The fraction of sp³-hybridized carbons (Fsp3) is 0.0698. The zero-order valence-corrected chi connectivity index (χ0v) is 25.3. The summed E-state index contributed by atoms with van der Waals surface area (Å²) in [4.78, 5) is 2.37. The lowest BCUT2D eigenvalue weighted by Crippen LogP contribution is -2.16. The van der Waals surface area contributed by atoms with Crippen molar-refractivity contribution in [2.75, 3.05) is 4.90 Å². The van der Waals surface area contributed by atoms with Crippen LogP contribution in [0.5, 0.6) is 0 Å². The van der Waals surface area contributed by atoms with Gasteiger partial charge in [-0.05, 0) is 98.8 Å². The Morgan fingerprint density at radius 1 is 0.467 bits per heavy atom. The van der Waals surface area contributed by atoms with Gasteiger partial charge in [-0.15, -0.1) is 0 Å². The molecule has 8 aromatic rings. The Bertz CT molecular complexity index is 2400. The molecule has 0 amide bonds. The average molecular weight is 578 g/mol. The fourth-order valence-corrected chi connectivity index (χ4v) is 7.38. The molecule has 7 aromatic carbocycles. The number of furan rings is 1. The number of para-hydroxylation sites is 2. The lowest BCUT2D eigenvalue weighted by molar-refractivity contribution is 0.660. The van der Waals surface area contributed by atoms with Crippen LogP contribution in [0.3, 0.4) is 0 Å². The molecule has 0 fully saturated rings. The minimum Gasteiger partial charge on any atom is -0.456 e. The summed E-state index contributed by atoms with van der Waals surface area (Å²) in [6, 6.07) is 54.7. The van der Waals surface area contributed by atoms with Gasteiger partial charge in [0, 0.05) is 33.2 Å². The number of rotatable bonds is 4. The second-order valence-electron chi connectivity index (χ2n) is 12.6. The molecule has 0 saturated carbocycles. The molecule has 2 nitrogen and oxygen atoms in total. The molecule has 0 radical (unpaired) electrons. The van der Waals surface area contributed by atoms with Crippen molar-refractivity contribution in [3.8, 4) is 22.3 Å². The highest BCUT2D eigenvalue weighted by molar-refractivity contribution is 6.19. The highest BCUT2D eigenvalue weighted by atomic mass is 16.3. The molecule has 2 heteroatoms.